The number of amides is 1. The van der Waals surface area contributed by atoms with Crippen LogP contribution < -0.4 is 10.1 Å². The van der Waals surface area contributed by atoms with Crippen molar-refractivity contribution in [2.45, 2.75) is 13.0 Å². The summed E-state index contributed by atoms with van der Waals surface area (Å²) >= 11 is 0. The number of nitrogens with one attached hydrogen (secondary N) is 1. The lowest BCUT2D eigenvalue weighted by atomic mass is 9.82. The van der Waals surface area contributed by atoms with Crippen molar-refractivity contribution in [3.05, 3.63) is 100 Å². The van der Waals surface area contributed by atoms with Crippen molar-refractivity contribution in [2.75, 3.05) is 13.7 Å². The number of carbonyl (C=O) groups is 4. The molecule has 1 atom stereocenters. The summed E-state index contributed by atoms with van der Waals surface area (Å²) in [5.41, 5.74) is 1.39. The Labute approximate surface area is 190 Å². The first-order valence-electron chi connectivity index (χ1n) is 10.3. The molecule has 1 unspecified atom stereocenters. The summed E-state index contributed by atoms with van der Waals surface area (Å²) in [7, 11) is 1.54. The van der Waals surface area contributed by atoms with Crippen LogP contribution in [0.5, 0.6) is 5.75 Å². The summed E-state index contributed by atoms with van der Waals surface area (Å²) in [6.07, 6.45) is 0. The van der Waals surface area contributed by atoms with Gasteiger partial charge in [0.05, 0.1) is 18.7 Å². The predicted octanol–water partition coefficient (Wildman–Crippen LogP) is 3.50. The van der Waals surface area contributed by atoms with E-state index in [1.54, 1.807) is 44.4 Å². The molecular weight excluding hydrogens is 422 g/mol. The molecule has 0 radical (unpaired) electrons. The van der Waals surface area contributed by atoms with Crippen LogP contribution in [0.1, 0.15) is 60.7 Å². The third-order valence-electron chi connectivity index (χ3n) is 5.49. The molecule has 1 aliphatic rings. The average molecular weight is 443 g/mol. The van der Waals surface area contributed by atoms with Crippen LogP contribution in [-0.2, 0) is 9.53 Å². The van der Waals surface area contributed by atoms with E-state index in [9.17, 15) is 19.2 Å². The Morgan fingerprint density at radius 2 is 1.48 bits per heavy atom. The van der Waals surface area contributed by atoms with Crippen LogP contribution in [0.15, 0.2) is 66.7 Å². The summed E-state index contributed by atoms with van der Waals surface area (Å²) in [6, 6.07) is 17.8. The average Bonchev–Trinajstić information content (AvgIpc) is 2.85. The second kappa shape index (κ2) is 9.08. The number of fused-ring (bicyclic) bond motifs is 2. The molecule has 1 amide bonds. The molecule has 0 fully saturated rings. The van der Waals surface area contributed by atoms with Crippen LogP contribution in [0, 0.1) is 0 Å². The monoisotopic (exact) mass is 443 g/mol. The molecule has 3 aromatic rings. The molecule has 0 aliphatic heterocycles. The second-order valence-electron chi connectivity index (χ2n) is 7.54. The normalized spacial score (nSPS) is 12.9. The van der Waals surface area contributed by atoms with Gasteiger partial charge < -0.3 is 14.8 Å². The summed E-state index contributed by atoms with van der Waals surface area (Å²) in [5, 5.41) is 2.75. The van der Waals surface area contributed by atoms with Gasteiger partial charge in [-0.2, -0.15) is 0 Å². The van der Waals surface area contributed by atoms with Crippen LogP contribution in [0.25, 0.3) is 0 Å². The number of ether oxygens (including phenoxy) is 2. The number of rotatable bonds is 6. The second-order valence-corrected chi connectivity index (χ2v) is 7.54. The van der Waals surface area contributed by atoms with E-state index in [4.69, 9.17) is 9.47 Å². The lowest BCUT2D eigenvalue weighted by molar-refractivity contribution is -0.124. The molecule has 0 heterocycles. The number of benzene rings is 3. The summed E-state index contributed by atoms with van der Waals surface area (Å²) in [5.74, 6) is -1.51. The van der Waals surface area contributed by atoms with E-state index in [-0.39, 0.29) is 34.1 Å². The maximum atomic E-state index is 13.0. The largest absolute Gasteiger partial charge is 0.496 e. The van der Waals surface area contributed by atoms with Gasteiger partial charge in [-0.05, 0) is 19.1 Å². The molecule has 1 N–H and O–H groups in total. The van der Waals surface area contributed by atoms with Gasteiger partial charge in [0.25, 0.3) is 5.91 Å². The maximum absolute atomic E-state index is 13.0. The number of hydrogen-bond acceptors (Lipinski definition) is 6. The highest BCUT2D eigenvalue weighted by Crippen LogP contribution is 2.30. The molecule has 7 nitrogen and oxygen atoms in total. The zero-order valence-corrected chi connectivity index (χ0v) is 18.1. The van der Waals surface area contributed by atoms with Crippen LogP contribution in [0.3, 0.4) is 0 Å². The number of hydrogen-bond donors (Lipinski definition) is 1. The zero-order chi connectivity index (χ0) is 23.5. The van der Waals surface area contributed by atoms with E-state index in [1.165, 1.54) is 18.2 Å². The van der Waals surface area contributed by atoms with Gasteiger partial charge in [0.15, 0.2) is 18.2 Å². The molecule has 166 valence electrons. The van der Waals surface area contributed by atoms with Crippen molar-refractivity contribution in [3.63, 3.8) is 0 Å². The van der Waals surface area contributed by atoms with Crippen LogP contribution >= 0.6 is 0 Å². The van der Waals surface area contributed by atoms with E-state index in [0.717, 1.165) is 5.56 Å². The minimum Gasteiger partial charge on any atom is -0.496 e. The Balaban J connectivity index is 1.48. The van der Waals surface area contributed by atoms with E-state index in [2.05, 4.69) is 5.32 Å². The zero-order valence-electron chi connectivity index (χ0n) is 18.1. The van der Waals surface area contributed by atoms with E-state index < -0.39 is 24.3 Å². The molecule has 0 spiro atoms. The smallest absolute Gasteiger partial charge is 0.339 e. The lowest BCUT2D eigenvalue weighted by Crippen LogP contribution is -2.32. The van der Waals surface area contributed by atoms with Gasteiger partial charge in [-0.3, -0.25) is 14.4 Å². The van der Waals surface area contributed by atoms with Gasteiger partial charge in [-0.1, -0.05) is 54.6 Å². The van der Waals surface area contributed by atoms with Crippen molar-refractivity contribution in [2.24, 2.45) is 0 Å². The van der Waals surface area contributed by atoms with Gasteiger partial charge in [-0.15, -0.1) is 0 Å². The first-order chi connectivity index (χ1) is 15.9. The fourth-order valence-electron chi connectivity index (χ4n) is 3.91. The summed E-state index contributed by atoms with van der Waals surface area (Å²) in [4.78, 5) is 51.0. The predicted molar refractivity (Wildman–Crippen MR) is 120 cm³/mol. The molecule has 0 saturated heterocycles. The third-order valence-corrected chi connectivity index (χ3v) is 5.49. The van der Waals surface area contributed by atoms with Gasteiger partial charge in [-0.25, -0.2) is 4.79 Å². The molecule has 7 heteroatoms. The van der Waals surface area contributed by atoms with E-state index in [0.29, 0.717) is 11.3 Å². The maximum Gasteiger partial charge on any atom is 0.339 e. The van der Waals surface area contributed by atoms with Crippen LogP contribution in [-0.4, -0.2) is 37.2 Å². The number of carbonyl (C=O) groups excluding carboxylic acids is 4. The van der Waals surface area contributed by atoms with Gasteiger partial charge >= 0.3 is 5.97 Å². The van der Waals surface area contributed by atoms with Crippen molar-refractivity contribution in [1.29, 1.82) is 0 Å². The molecular formula is C26H21NO6. The Hall–Kier alpha value is -4.26. The number of ketones is 2. The molecule has 0 aromatic heterocycles. The highest BCUT2D eigenvalue weighted by molar-refractivity contribution is 6.30. The standard InChI is InChI=1S/C26H21NO6/c1-15(16-8-5-6-13-21(16)32-2)27-22(28)14-33-26(31)20-12-7-11-19-23(20)25(30)18-10-4-3-9-17(18)24(19)29/h3-13,15H,14H2,1-2H3,(H,27,28). The van der Waals surface area contributed by atoms with Crippen LogP contribution in [0.4, 0.5) is 0 Å². The molecule has 3 aromatic carbocycles. The highest BCUT2D eigenvalue weighted by atomic mass is 16.5. The van der Waals surface area contributed by atoms with Crippen molar-refractivity contribution >= 4 is 23.4 Å². The number of esters is 1. The first kappa shape index (κ1) is 22.0. The van der Waals surface area contributed by atoms with Crippen molar-refractivity contribution in [1.82, 2.24) is 5.32 Å². The topological polar surface area (TPSA) is 98.8 Å². The molecule has 33 heavy (non-hydrogen) atoms. The quantitative estimate of drug-likeness (QED) is 0.458. The fraction of sp³-hybridized carbons (Fsp3) is 0.154. The van der Waals surface area contributed by atoms with Crippen molar-refractivity contribution < 1.29 is 28.7 Å². The van der Waals surface area contributed by atoms with Gasteiger partial charge in [0.2, 0.25) is 0 Å². The van der Waals surface area contributed by atoms with Gasteiger partial charge in [0, 0.05) is 27.8 Å². The number of para-hydroxylation sites is 1. The SMILES string of the molecule is COc1ccccc1C(C)NC(=O)COC(=O)c1cccc2c1C(=O)c1ccccc1C2=O. The van der Waals surface area contributed by atoms with E-state index in [1.807, 2.05) is 18.2 Å². The minimum absolute atomic E-state index is 0.00556. The first-order valence-corrected chi connectivity index (χ1v) is 10.3. The van der Waals surface area contributed by atoms with Crippen molar-refractivity contribution in [3.8, 4) is 5.75 Å². The van der Waals surface area contributed by atoms with Crippen LogP contribution in [0.2, 0.25) is 0 Å². The Morgan fingerprint density at radius 3 is 2.21 bits per heavy atom. The fourth-order valence-corrected chi connectivity index (χ4v) is 3.91. The number of methoxy groups -OCH3 is 1. The Kier molecular flexibility index (Phi) is 6.04. The Bertz CT molecular complexity index is 1280. The Morgan fingerprint density at radius 1 is 0.848 bits per heavy atom. The lowest BCUT2D eigenvalue weighted by Gasteiger charge is -2.20. The third kappa shape index (κ3) is 4.13. The van der Waals surface area contributed by atoms with E-state index >= 15 is 0 Å². The summed E-state index contributed by atoms with van der Waals surface area (Å²) in [6.45, 7) is 1.24. The summed E-state index contributed by atoms with van der Waals surface area (Å²) < 4.78 is 10.5. The molecule has 1 aliphatic carbocycles. The molecule has 4 rings (SSSR count). The molecule has 0 saturated carbocycles. The minimum atomic E-state index is -0.854. The highest BCUT2D eigenvalue weighted by Gasteiger charge is 2.33. The molecule has 0 bridgehead atoms. The van der Waals surface area contributed by atoms with Gasteiger partial charge in [0.1, 0.15) is 5.75 Å².